The fourth-order valence-electron chi connectivity index (χ4n) is 4.21. The molecule has 7 heteroatoms. The first-order valence-electron chi connectivity index (χ1n) is 9.07. The Kier molecular flexibility index (Phi) is 3.19. The van der Waals surface area contributed by atoms with E-state index in [1.807, 2.05) is 32.0 Å². The van der Waals surface area contributed by atoms with Crippen LogP contribution in [-0.4, -0.2) is 20.4 Å². The van der Waals surface area contributed by atoms with E-state index in [9.17, 15) is 9.59 Å². The molecule has 0 unspecified atom stereocenters. The second kappa shape index (κ2) is 5.39. The SMILES string of the molecule is Cc1cc(Nc2ncnc3cccc(C)c23)c(=O)n2c1C(=O)NC21CCC1. The molecule has 3 heterocycles. The van der Waals surface area contributed by atoms with Gasteiger partial charge in [0.25, 0.3) is 11.5 Å². The Hall–Kier alpha value is -3.22. The van der Waals surface area contributed by atoms with Crippen molar-refractivity contribution in [1.82, 2.24) is 19.9 Å². The van der Waals surface area contributed by atoms with Gasteiger partial charge in [-0.25, -0.2) is 9.97 Å². The zero-order valence-electron chi connectivity index (χ0n) is 15.2. The van der Waals surface area contributed by atoms with Gasteiger partial charge in [0, 0.05) is 5.39 Å². The molecule has 7 nitrogen and oxygen atoms in total. The number of nitrogens with zero attached hydrogens (tertiary/aromatic N) is 3. The highest BCUT2D eigenvalue weighted by molar-refractivity contribution is 5.97. The van der Waals surface area contributed by atoms with E-state index in [0.29, 0.717) is 17.2 Å². The summed E-state index contributed by atoms with van der Waals surface area (Å²) in [5, 5.41) is 7.10. The molecule has 1 aliphatic heterocycles. The highest BCUT2D eigenvalue weighted by atomic mass is 16.2. The van der Waals surface area contributed by atoms with Crippen LogP contribution in [0.25, 0.3) is 10.9 Å². The van der Waals surface area contributed by atoms with Crippen molar-refractivity contribution in [3.8, 4) is 0 Å². The third-order valence-electron chi connectivity index (χ3n) is 5.69. The lowest BCUT2D eigenvalue weighted by molar-refractivity contribution is 0.0790. The van der Waals surface area contributed by atoms with E-state index in [0.717, 1.165) is 41.3 Å². The summed E-state index contributed by atoms with van der Waals surface area (Å²) >= 11 is 0. The van der Waals surface area contributed by atoms with E-state index in [1.54, 1.807) is 10.6 Å². The topological polar surface area (TPSA) is 88.9 Å². The van der Waals surface area contributed by atoms with Crippen LogP contribution in [0.3, 0.4) is 0 Å². The lowest BCUT2D eigenvalue weighted by Crippen LogP contribution is -2.52. The summed E-state index contributed by atoms with van der Waals surface area (Å²) in [6.07, 6.45) is 4.05. The van der Waals surface area contributed by atoms with Crippen LogP contribution in [0.15, 0.2) is 35.4 Å². The molecule has 0 atom stereocenters. The molecular formula is C20H19N5O2. The smallest absolute Gasteiger partial charge is 0.276 e. The molecule has 27 heavy (non-hydrogen) atoms. The molecule has 0 saturated heterocycles. The first-order valence-corrected chi connectivity index (χ1v) is 9.07. The molecule has 0 radical (unpaired) electrons. The fourth-order valence-corrected chi connectivity index (χ4v) is 4.21. The highest BCUT2D eigenvalue weighted by Gasteiger charge is 2.48. The maximum absolute atomic E-state index is 13.3. The maximum Gasteiger partial charge on any atom is 0.276 e. The van der Waals surface area contributed by atoms with Crippen LogP contribution in [0.4, 0.5) is 11.5 Å². The monoisotopic (exact) mass is 361 g/mol. The molecule has 1 aromatic carbocycles. The number of nitrogens with one attached hydrogen (secondary N) is 2. The van der Waals surface area contributed by atoms with Gasteiger partial charge in [0.15, 0.2) is 0 Å². The summed E-state index contributed by atoms with van der Waals surface area (Å²) in [7, 11) is 0. The fraction of sp³-hybridized carbons (Fsp3) is 0.300. The van der Waals surface area contributed by atoms with Crippen LogP contribution in [0.1, 0.15) is 40.9 Å². The van der Waals surface area contributed by atoms with Gasteiger partial charge in [0.2, 0.25) is 0 Å². The van der Waals surface area contributed by atoms with Crippen LogP contribution in [-0.2, 0) is 5.66 Å². The Morgan fingerprint density at radius 2 is 1.96 bits per heavy atom. The first kappa shape index (κ1) is 16.0. The van der Waals surface area contributed by atoms with Gasteiger partial charge in [-0.15, -0.1) is 0 Å². The predicted octanol–water partition coefficient (Wildman–Crippen LogP) is 2.73. The number of carbonyl (C=O) groups excluding carboxylic acids is 1. The van der Waals surface area contributed by atoms with Crippen molar-refractivity contribution in [2.75, 3.05) is 5.32 Å². The van der Waals surface area contributed by atoms with Crippen molar-refractivity contribution in [1.29, 1.82) is 0 Å². The molecule has 3 aromatic rings. The molecule has 1 aliphatic carbocycles. The first-order chi connectivity index (χ1) is 13.0. The molecule has 136 valence electrons. The number of hydrogen-bond donors (Lipinski definition) is 2. The lowest BCUT2D eigenvalue weighted by Gasteiger charge is -2.39. The van der Waals surface area contributed by atoms with E-state index in [2.05, 4.69) is 20.6 Å². The summed E-state index contributed by atoms with van der Waals surface area (Å²) in [6, 6.07) is 7.59. The molecule has 1 fully saturated rings. The number of pyridine rings is 1. The van der Waals surface area contributed by atoms with Crippen LogP contribution >= 0.6 is 0 Å². The van der Waals surface area contributed by atoms with Gasteiger partial charge in [0.05, 0.1) is 5.52 Å². The molecule has 2 N–H and O–H groups in total. The number of aromatic nitrogens is 3. The molecule has 2 aliphatic rings. The lowest BCUT2D eigenvalue weighted by atomic mass is 9.85. The standard InChI is InChI=1S/C20H19N5O2/c1-11-5-3-6-13-15(11)17(22-10-21-13)23-14-9-12(2)16-18(26)24-20(7-4-8-20)25(16)19(14)27/h3,5-6,9-10H,4,7-8H2,1-2H3,(H,24,26)(H,21,22,23). The zero-order chi connectivity index (χ0) is 18.8. The Bertz CT molecular complexity index is 1170. The summed E-state index contributed by atoms with van der Waals surface area (Å²) < 4.78 is 1.65. The van der Waals surface area contributed by atoms with E-state index in [1.165, 1.54) is 6.33 Å². The molecule has 1 spiro atoms. The molecule has 0 bridgehead atoms. The second-order valence-corrected chi connectivity index (χ2v) is 7.39. The number of rotatable bonds is 2. The highest BCUT2D eigenvalue weighted by Crippen LogP contribution is 2.41. The van der Waals surface area contributed by atoms with Crippen molar-refractivity contribution in [2.24, 2.45) is 0 Å². The van der Waals surface area contributed by atoms with Crippen LogP contribution in [0.2, 0.25) is 0 Å². The number of anilines is 2. The number of hydrogen-bond acceptors (Lipinski definition) is 5. The van der Waals surface area contributed by atoms with Gasteiger partial charge in [-0.05, 0) is 56.4 Å². The van der Waals surface area contributed by atoms with Crippen LogP contribution in [0.5, 0.6) is 0 Å². The summed E-state index contributed by atoms with van der Waals surface area (Å²) in [6.45, 7) is 3.85. The minimum atomic E-state index is -0.560. The molecule has 1 amide bonds. The molecule has 5 rings (SSSR count). The predicted molar refractivity (Wildman–Crippen MR) is 102 cm³/mol. The minimum Gasteiger partial charge on any atom is -0.335 e. The van der Waals surface area contributed by atoms with Gasteiger partial charge in [-0.3, -0.25) is 14.2 Å². The number of carbonyl (C=O) groups is 1. The van der Waals surface area contributed by atoms with Crippen molar-refractivity contribution >= 4 is 28.3 Å². The Balaban J connectivity index is 1.69. The number of benzene rings is 1. The van der Waals surface area contributed by atoms with Gasteiger partial charge in [-0.2, -0.15) is 0 Å². The van der Waals surface area contributed by atoms with E-state index < -0.39 is 5.66 Å². The van der Waals surface area contributed by atoms with E-state index in [4.69, 9.17) is 0 Å². The average Bonchev–Trinajstić information content (AvgIpc) is 2.94. The third kappa shape index (κ3) is 2.14. The van der Waals surface area contributed by atoms with E-state index >= 15 is 0 Å². The van der Waals surface area contributed by atoms with Crippen molar-refractivity contribution in [3.63, 3.8) is 0 Å². The normalized spacial score (nSPS) is 16.9. The van der Waals surface area contributed by atoms with Crippen LogP contribution < -0.4 is 16.2 Å². The van der Waals surface area contributed by atoms with Crippen LogP contribution in [0, 0.1) is 13.8 Å². The number of fused-ring (bicyclic) bond motifs is 3. The minimum absolute atomic E-state index is 0.167. The Morgan fingerprint density at radius 1 is 1.15 bits per heavy atom. The molecule has 1 saturated carbocycles. The number of aryl methyl sites for hydroxylation is 2. The van der Waals surface area contributed by atoms with Gasteiger partial charge >= 0.3 is 0 Å². The maximum atomic E-state index is 13.3. The average molecular weight is 361 g/mol. The van der Waals surface area contributed by atoms with Gasteiger partial charge in [-0.1, -0.05) is 12.1 Å². The summed E-state index contributed by atoms with van der Waals surface area (Å²) in [4.78, 5) is 34.3. The molecular weight excluding hydrogens is 342 g/mol. The van der Waals surface area contributed by atoms with Gasteiger partial charge in [0.1, 0.15) is 29.2 Å². The zero-order valence-corrected chi connectivity index (χ0v) is 15.2. The Morgan fingerprint density at radius 3 is 2.70 bits per heavy atom. The van der Waals surface area contributed by atoms with Crippen molar-refractivity contribution in [2.45, 2.75) is 38.8 Å². The van der Waals surface area contributed by atoms with Crippen molar-refractivity contribution in [3.05, 3.63) is 57.8 Å². The van der Waals surface area contributed by atoms with E-state index in [-0.39, 0.29) is 11.5 Å². The largest absolute Gasteiger partial charge is 0.335 e. The molecule has 2 aromatic heterocycles. The Labute approximate surface area is 155 Å². The summed E-state index contributed by atoms with van der Waals surface area (Å²) in [5.41, 5.74) is 2.74. The summed E-state index contributed by atoms with van der Waals surface area (Å²) in [5.74, 6) is 0.425. The van der Waals surface area contributed by atoms with Gasteiger partial charge < -0.3 is 10.6 Å². The number of amides is 1. The van der Waals surface area contributed by atoms with Crippen molar-refractivity contribution < 1.29 is 4.79 Å². The third-order valence-corrected chi connectivity index (χ3v) is 5.69. The quantitative estimate of drug-likeness (QED) is 0.733. The second-order valence-electron chi connectivity index (χ2n) is 7.39.